The lowest BCUT2D eigenvalue weighted by molar-refractivity contribution is 0.0827. The first-order chi connectivity index (χ1) is 8.20. The van der Waals surface area contributed by atoms with E-state index in [-0.39, 0.29) is 5.91 Å². The van der Waals surface area contributed by atoms with Gasteiger partial charge in [-0.2, -0.15) is 0 Å². The van der Waals surface area contributed by atoms with Gasteiger partial charge >= 0.3 is 0 Å². The van der Waals surface area contributed by atoms with Gasteiger partial charge in [0.25, 0.3) is 5.91 Å². The van der Waals surface area contributed by atoms with Gasteiger partial charge in [-0.05, 0) is 12.1 Å². The molecule has 5 nitrogen and oxygen atoms in total. The molecule has 92 valence electrons. The molecular formula is C12H18N4O. The minimum Gasteiger partial charge on any atom is -0.353 e. The second-order valence-electron chi connectivity index (χ2n) is 4.31. The van der Waals surface area contributed by atoms with Crippen LogP contribution in [0.3, 0.4) is 0 Å². The highest BCUT2D eigenvalue weighted by Crippen LogP contribution is 2.18. The van der Waals surface area contributed by atoms with Crippen molar-refractivity contribution in [1.82, 2.24) is 15.2 Å². The van der Waals surface area contributed by atoms with Crippen molar-refractivity contribution in [3.05, 3.63) is 23.9 Å². The second-order valence-corrected chi connectivity index (χ2v) is 4.31. The molecule has 1 aliphatic heterocycles. The van der Waals surface area contributed by atoms with Crippen LogP contribution in [-0.2, 0) is 0 Å². The number of hydrogen-bond acceptors (Lipinski definition) is 4. The maximum absolute atomic E-state index is 12.1. The van der Waals surface area contributed by atoms with Crippen molar-refractivity contribution in [3.63, 3.8) is 0 Å². The summed E-state index contributed by atoms with van der Waals surface area (Å²) in [6.07, 6.45) is 1.74. The normalized spacial score (nSPS) is 15.8. The standard InChI is InChI=1S/C12H18N4O/c1-15(2)12(17)10-4-3-5-14-11(10)16-8-6-13-7-9-16/h3-5,13H,6-9H2,1-2H3. The monoisotopic (exact) mass is 234 g/mol. The van der Waals surface area contributed by atoms with Gasteiger partial charge in [0.2, 0.25) is 0 Å². The number of anilines is 1. The molecule has 17 heavy (non-hydrogen) atoms. The van der Waals surface area contributed by atoms with Crippen molar-refractivity contribution in [2.24, 2.45) is 0 Å². The SMILES string of the molecule is CN(C)C(=O)c1cccnc1N1CCNCC1. The van der Waals surface area contributed by atoms with Gasteiger partial charge in [-0.1, -0.05) is 0 Å². The van der Waals surface area contributed by atoms with Crippen LogP contribution >= 0.6 is 0 Å². The van der Waals surface area contributed by atoms with E-state index in [4.69, 9.17) is 0 Å². The zero-order valence-corrected chi connectivity index (χ0v) is 10.3. The number of pyridine rings is 1. The first-order valence-corrected chi connectivity index (χ1v) is 5.82. The number of carbonyl (C=O) groups is 1. The summed E-state index contributed by atoms with van der Waals surface area (Å²) in [5.74, 6) is 0.805. The Morgan fingerprint density at radius 1 is 1.41 bits per heavy atom. The van der Waals surface area contributed by atoms with Gasteiger partial charge in [-0.15, -0.1) is 0 Å². The summed E-state index contributed by atoms with van der Waals surface area (Å²) in [6, 6.07) is 3.65. The fourth-order valence-electron chi connectivity index (χ4n) is 1.93. The topological polar surface area (TPSA) is 48.5 Å². The van der Waals surface area contributed by atoms with Crippen molar-refractivity contribution in [1.29, 1.82) is 0 Å². The van der Waals surface area contributed by atoms with Crippen molar-refractivity contribution in [2.75, 3.05) is 45.2 Å². The summed E-state index contributed by atoms with van der Waals surface area (Å²) in [5, 5.41) is 3.29. The zero-order chi connectivity index (χ0) is 12.3. The highest BCUT2D eigenvalue weighted by Gasteiger charge is 2.20. The maximum atomic E-state index is 12.1. The predicted octanol–water partition coefficient (Wildman–Crippen LogP) is 0.193. The Balaban J connectivity index is 2.29. The number of aromatic nitrogens is 1. The van der Waals surface area contributed by atoms with Crippen LogP contribution in [0.1, 0.15) is 10.4 Å². The molecular weight excluding hydrogens is 216 g/mol. The van der Waals surface area contributed by atoms with Crippen LogP contribution in [0.25, 0.3) is 0 Å². The maximum Gasteiger partial charge on any atom is 0.257 e. The summed E-state index contributed by atoms with van der Waals surface area (Å²) in [4.78, 5) is 20.2. The van der Waals surface area contributed by atoms with Crippen LogP contribution in [0, 0.1) is 0 Å². The smallest absolute Gasteiger partial charge is 0.257 e. The Labute approximate surface area is 101 Å². The van der Waals surface area contributed by atoms with E-state index in [1.807, 2.05) is 12.1 Å². The Morgan fingerprint density at radius 2 is 2.12 bits per heavy atom. The zero-order valence-electron chi connectivity index (χ0n) is 10.3. The van der Waals surface area contributed by atoms with Crippen molar-refractivity contribution in [3.8, 4) is 0 Å². The largest absolute Gasteiger partial charge is 0.353 e. The number of rotatable bonds is 2. The predicted molar refractivity (Wildman–Crippen MR) is 67.3 cm³/mol. The van der Waals surface area contributed by atoms with E-state index >= 15 is 0 Å². The lowest BCUT2D eigenvalue weighted by Gasteiger charge is -2.30. The quantitative estimate of drug-likeness (QED) is 0.794. The third-order valence-corrected chi connectivity index (χ3v) is 2.84. The average molecular weight is 234 g/mol. The molecule has 5 heteroatoms. The summed E-state index contributed by atoms with van der Waals surface area (Å²) >= 11 is 0. The minimum absolute atomic E-state index is 0.00614. The van der Waals surface area contributed by atoms with Crippen LogP contribution in [0.15, 0.2) is 18.3 Å². The molecule has 1 N–H and O–H groups in total. The van der Waals surface area contributed by atoms with Crippen molar-refractivity contribution >= 4 is 11.7 Å². The molecule has 2 heterocycles. The van der Waals surface area contributed by atoms with Gasteiger partial charge in [-0.25, -0.2) is 4.98 Å². The molecule has 1 saturated heterocycles. The molecule has 2 rings (SSSR count). The summed E-state index contributed by atoms with van der Waals surface area (Å²) in [7, 11) is 3.52. The van der Waals surface area contributed by atoms with Crippen LogP contribution in [0.2, 0.25) is 0 Å². The number of amides is 1. The highest BCUT2D eigenvalue weighted by molar-refractivity contribution is 5.98. The molecule has 1 amide bonds. The van der Waals surface area contributed by atoms with Crippen LogP contribution < -0.4 is 10.2 Å². The molecule has 0 aromatic carbocycles. The Bertz CT molecular complexity index is 399. The van der Waals surface area contributed by atoms with Gasteiger partial charge in [0.05, 0.1) is 5.56 Å². The molecule has 0 saturated carbocycles. The lowest BCUT2D eigenvalue weighted by atomic mass is 10.2. The summed E-state index contributed by atoms with van der Waals surface area (Å²) in [5.41, 5.74) is 0.680. The molecule has 1 fully saturated rings. The summed E-state index contributed by atoms with van der Waals surface area (Å²) < 4.78 is 0. The van der Waals surface area contributed by atoms with E-state index in [0.717, 1.165) is 32.0 Å². The van der Waals surface area contributed by atoms with E-state index in [0.29, 0.717) is 5.56 Å². The molecule has 1 aromatic rings. The van der Waals surface area contributed by atoms with Gasteiger partial charge in [-0.3, -0.25) is 4.79 Å². The number of hydrogen-bond donors (Lipinski definition) is 1. The minimum atomic E-state index is 0.00614. The van der Waals surface area contributed by atoms with Crippen LogP contribution in [0.4, 0.5) is 5.82 Å². The van der Waals surface area contributed by atoms with Gasteiger partial charge < -0.3 is 15.1 Å². The molecule has 0 unspecified atom stereocenters. The molecule has 1 aliphatic rings. The number of nitrogens with one attached hydrogen (secondary N) is 1. The van der Waals surface area contributed by atoms with E-state index < -0.39 is 0 Å². The van der Waals surface area contributed by atoms with E-state index in [1.54, 1.807) is 25.2 Å². The molecule has 0 bridgehead atoms. The average Bonchev–Trinajstić information content (AvgIpc) is 2.39. The van der Waals surface area contributed by atoms with Gasteiger partial charge in [0.15, 0.2) is 0 Å². The van der Waals surface area contributed by atoms with Crippen LogP contribution in [0.5, 0.6) is 0 Å². The number of carbonyl (C=O) groups excluding carboxylic acids is 1. The first kappa shape index (κ1) is 11.9. The van der Waals surface area contributed by atoms with Gasteiger partial charge in [0, 0.05) is 46.5 Å². The van der Waals surface area contributed by atoms with E-state index in [9.17, 15) is 4.79 Å². The molecule has 0 atom stereocenters. The van der Waals surface area contributed by atoms with Crippen molar-refractivity contribution < 1.29 is 4.79 Å². The fraction of sp³-hybridized carbons (Fsp3) is 0.500. The van der Waals surface area contributed by atoms with Gasteiger partial charge in [0.1, 0.15) is 5.82 Å². The number of nitrogens with zero attached hydrogens (tertiary/aromatic N) is 3. The third-order valence-electron chi connectivity index (χ3n) is 2.84. The van der Waals surface area contributed by atoms with E-state index in [1.165, 1.54) is 0 Å². The number of piperazine rings is 1. The fourth-order valence-corrected chi connectivity index (χ4v) is 1.93. The molecule has 0 aliphatic carbocycles. The molecule has 0 spiro atoms. The second kappa shape index (κ2) is 5.14. The Kier molecular flexibility index (Phi) is 3.58. The molecule has 1 aromatic heterocycles. The van der Waals surface area contributed by atoms with Crippen molar-refractivity contribution in [2.45, 2.75) is 0 Å². The van der Waals surface area contributed by atoms with Crippen LogP contribution in [-0.4, -0.2) is 56.1 Å². The molecule has 0 radical (unpaired) electrons. The summed E-state index contributed by atoms with van der Waals surface area (Å²) in [6.45, 7) is 3.66. The first-order valence-electron chi connectivity index (χ1n) is 5.82. The Hall–Kier alpha value is -1.62. The lowest BCUT2D eigenvalue weighted by Crippen LogP contribution is -2.44. The highest BCUT2D eigenvalue weighted by atomic mass is 16.2. The third kappa shape index (κ3) is 2.55. The van der Waals surface area contributed by atoms with E-state index in [2.05, 4.69) is 15.2 Å². The Morgan fingerprint density at radius 3 is 2.76 bits per heavy atom.